The van der Waals surface area contributed by atoms with Gasteiger partial charge in [-0.3, -0.25) is 0 Å². The predicted octanol–water partition coefficient (Wildman–Crippen LogP) is 3.40. The van der Waals surface area contributed by atoms with Crippen molar-refractivity contribution in [2.24, 2.45) is 0 Å². The van der Waals surface area contributed by atoms with Crippen LogP contribution >= 0.6 is 23.2 Å². The van der Waals surface area contributed by atoms with Crippen molar-refractivity contribution in [1.82, 2.24) is 14.6 Å². The molecule has 1 aromatic carbocycles. The summed E-state index contributed by atoms with van der Waals surface area (Å²) in [5.41, 5.74) is 1.57. The van der Waals surface area contributed by atoms with Gasteiger partial charge in [-0.25, -0.2) is 14.3 Å². The molecule has 5 nitrogen and oxygen atoms in total. The maximum absolute atomic E-state index is 11.1. The minimum absolute atomic E-state index is 0.0324. The molecule has 0 amide bonds. The van der Waals surface area contributed by atoms with Gasteiger partial charge in [0.1, 0.15) is 5.56 Å². The molecule has 3 aromatic rings. The van der Waals surface area contributed by atoms with Crippen LogP contribution in [0, 0.1) is 0 Å². The molecular weight excluding hydrogens is 301 g/mol. The van der Waals surface area contributed by atoms with E-state index in [0.29, 0.717) is 21.3 Å². The van der Waals surface area contributed by atoms with E-state index in [2.05, 4.69) is 10.1 Å². The number of fused-ring (bicyclic) bond motifs is 1. The number of halogens is 2. The van der Waals surface area contributed by atoms with Crippen LogP contribution in [-0.4, -0.2) is 25.7 Å². The number of rotatable bonds is 2. The number of hydrogen-bond donors (Lipinski definition) is 1. The zero-order valence-corrected chi connectivity index (χ0v) is 11.4. The van der Waals surface area contributed by atoms with Crippen molar-refractivity contribution in [3.63, 3.8) is 0 Å². The van der Waals surface area contributed by atoms with Crippen LogP contribution in [0.2, 0.25) is 10.0 Å². The molecule has 0 aliphatic carbocycles. The van der Waals surface area contributed by atoms with Crippen molar-refractivity contribution in [3.05, 3.63) is 52.3 Å². The fraction of sp³-hybridized carbons (Fsp3) is 0. The molecule has 0 fully saturated rings. The zero-order chi connectivity index (χ0) is 14.3. The van der Waals surface area contributed by atoms with Gasteiger partial charge in [0, 0.05) is 16.8 Å². The van der Waals surface area contributed by atoms with Gasteiger partial charge in [-0.2, -0.15) is 5.10 Å². The number of aromatic carboxylic acids is 1. The lowest BCUT2D eigenvalue weighted by atomic mass is 10.1. The molecule has 0 radical (unpaired) electrons. The Kier molecular flexibility index (Phi) is 3.08. The standard InChI is InChI=1S/C13H7Cl2N3O2/c14-7-1-2-10(15)8(5-7)11-3-4-16-12-9(13(19)20)6-17-18(11)12/h1-6H,(H,19,20). The van der Waals surface area contributed by atoms with Gasteiger partial charge in [0.15, 0.2) is 5.65 Å². The topological polar surface area (TPSA) is 67.5 Å². The fourth-order valence-corrected chi connectivity index (χ4v) is 2.33. The van der Waals surface area contributed by atoms with Gasteiger partial charge in [-0.15, -0.1) is 0 Å². The number of benzene rings is 1. The van der Waals surface area contributed by atoms with Gasteiger partial charge in [0.05, 0.1) is 16.9 Å². The van der Waals surface area contributed by atoms with Crippen LogP contribution in [0.1, 0.15) is 10.4 Å². The van der Waals surface area contributed by atoms with E-state index < -0.39 is 5.97 Å². The van der Waals surface area contributed by atoms with Gasteiger partial charge < -0.3 is 5.11 Å². The number of carboxylic acid groups (broad SMARTS) is 1. The van der Waals surface area contributed by atoms with Crippen molar-refractivity contribution in [2.75, 3.05) is 0 Å². The first-order valence-corrected chi connectivity index (χ1v) is 6.35. The maximum atomic E-state index is 11.1. The molecule has 0 bridgehead atoms. The Labute approximate surface area is 123 Å². The summed E-state index contributed by atoms with van der Waals surface area (Å²) in [7, 11) is 0. The summed E-state index contributed by atoms with van der Waals surface area (Å²) < 4.78 is 1.43. The zero-order valence-electron chi connectivity index (χ0n) is 9.92. The first kappa shape index (κ1) is 12.9. The molecule has 0 spiro atoms. The number of nitrogens with zero attached hydrogens (tertiary/aromatic N) is 3. The summed E-state index contributed by atoms with van der Waals surface area (Å²) in [6, 6.07) is 6.74. The Morgan fingerprint density at radius 3 is 2.80 bits per heavy atom. The number of hydrogen-bond acceptors (Lipinski definition) is 3. The molecule has 0 saturated carbocycles. The normalized spacial score (nSPS) is 10.9. The average molecular weight is 308 g/mol. The lowest BCUT2D eigenvalue weighted by molar-refractivity contribution is 0.0699. The average Bonchev–Trinajstić information content (AvgIpc) is 2.85. The lowest BCUT2D eigenvalue weighted by Gasteiger charge is -2.07. The molecule has 1 N–H and O–H groups in total. The van der Waals surface area contributed by atoms with Crippen molar-refractivity contribution < 1.29 is 9.90 Å². The molecule has 0 atom stereocenters. The van der Waals surface area contributed by atoms with Crippen molar-refractivity contribution >= 4 is 34.8 Å². The third-order valence-electron chi connectivity index (χ3n) is 2.84. The third-order valence-corrected chi connectivity index (χ3v) is 3.40. The largest absolute Gasteiger partial charge is 0.477 e. The molecule has 0 saturated heterocycles. The van der Waals surface area contributed by atoms with Gasteiger partial charge >= 0.3 is 5.97 Å². The van der Waals surface area contributed by atoms with Crippen LogP contribution in [0.5, 0.6) is 0 Å². The van der Waals surface area contributed by atoms with Crippen molar-refractivity contribution in [1.29, 1.82) is 0 Å². The van der Waals surface area contributed by atoms with Crippen LogP contribution in [0.4, 0.5) is 0 Å². The van der Waals surface area contributed by atoms with Crippen LogP contribution < -0.4 is 0 Å². The molecule has 20 heavy (non-hydrogen) atoms. The van der Waals surface area contributed by atoms with E-state index >= 15 is 0 Å². The van der Waals surface area contributed by atoms with E-state index in [9.17, 15) is 4.79 Å². The van der Waals surface area contributed by atoms with Crippen molar-refractivity contribution in [2.45, 2.75) is 0 Å². The first-order chi connectivity index (χ1) is 9.58. The van der Waals surface area contributed by atoms with Gasteiger partial charge in [0.2, 0.25) is 0 Å². The van der Waals surface area contributed by atoms with Crippen LogP contribution in [0.25, 0.3) is 16.9 Å². The highest BCUT2D eigenvalue weighted by Gasteiger charge is 2.16. The monoisotopic (exact) mass is 307 g/mol. The second kappa shape index (κ2) is 4.77. The van der Waals surface area contributed by atoms with Gasteiger partial charge in [0.25, 0.3) is 0 Å². The lowest BCUT2D eigenvalue weighted by Crippen LogP contribution is -1.99. The van der Waals surface area contributed by atoms with E-state index in [1.54, 1.807) is 24.3 Å². The third kappa shape index (κ3) is 2.01. The fourth-order valence-electron chi connectivity index (χ4n) is 1.94. The predicted molar refractivity (Wildman–Crippen MR) is 75.4 cm³/mol. The SMILES string of the molecule is O=C(O)c1cnn2c(-c3cc(Cl)ccc3Cl)ccnc12. The van der Waals surface area contributed by atoms with E-state index in [-0.39, 0.29) is 11.2 Å². The molecule has 0 aliphatic rings. The Balaban J connectivity index is 2.32. The quantitative estimate of drug-likeness (QED) is 0.788. The summed E-state index contributed by atoms with van der Waals surface area (Å²) >= 11 is 12.1. The number of aromatic nitrogens is 3. The molecule has 0 aliphatic heterocycles. The van der Waals surface area contributed by atoms with E-state index in [4.69, 9.17) is 28.3 Å². The first-order valence-electron chi connectivity index (χ1n) is 5.59. The second-order valence-electron chi connectivity index (χ2n) is 4.05. The number of carbonyl (C=O) groups is 1. The molecule has 7 heteroatoms. The highest BCUT2D eigenvalue weighted by molar-refractivity contribution is 6.35. The smallest absolute Gasteiger partial charge is 0.341 e. The van der Waals surface area contributed by atoms with Crippen LogP contribution in [0.15, 0.2) is 36.7 Å². The molecular formula is C13H7Cl2N3O2. The Morgan fingerprint density at radius 2 is 2.05 bits per heavy atom. The maximum Gasteiger partial charge on any atom is 0.341 e. The summed E-state index contributed by atoms with van der Waals surface area (Å²) in [5.74, 6) is -1.08. The van der Waals surface area contributed by atoms with Gasteiger partial charge in [-0.1, -0.05) is 23.2 Å². The van der Waals surface area contributed by atoms with Gasteiger partial charge in [-0.05, 0) is 24.3 Å². The summed E-state index contributed by atoms with van der Waals surface area (Å²) in [4.78, 5) is 15.1. The van der Waals surface area contributed by atoms with E-state index in [1.807, 2.05) is 0 Å². The molecule has 100 valence electrons. The summed E-state index contributed by atoms with van der Waals surface area (Å²) in [6.07, 6.45) is 2.77. The van der Waals surface area contributed by atoms with E-state index in [1.165, 1.54) is 16.9 Å². The minimum Gasteiger partial charge on any atom is -0.477 e. The molecule has 2 heterocycles. The Morgan fingerprint density at radius 1 is 1.25 bits per heavy atom. The Hall–Kier alpha value is -2.11. The molecule has 3 rings (SSSR count). The Bertz CT molecular complexity index is 830. The molecule has 0 unspecified atom stereocenters. The minimum atomic E-state index is -1.08. The number of carboxylic acids is 1. The highest BCUT2D eigenvalue weighted by atomic mass is 35.5. The highest BCUT2D eigenvalue weighted by Crippen LogP contribution is 2.30. The summed E-state index contributed by atoms with van der Waals surface area (Å²) in [5, 5.41) is 14.2. The van der Waals surface area contributed by atoms with Crippen LogP contribution in [-0.2, 0) is 0 Å². The molecule has 2 aromatic heterocycles. The van der Waals surface area contributed by atoms with E-state index in [0.717, 1.165) is 0 Å². The second-order valence-corrected chi connectivity index (χ2v) is 4.90. The van der Waals surface area contributed by atoms with Crippen LogP contribution in [0.3, 0.4) is 0 Å². The summed E-state index contributed by atoms with van der Waals surface area (Å²) in [6.45, 7) is 0. The van der Waals surface area contributed by atoms with Crippen molar-refractivity contribution in [3.8, 4) is 11.3 Å².